The van der Waals surface area contributed by atoms with Crippen molar-refractivity contribution in [2.45, 2.75) is 51.1 Å². The van der Waals surface area contributed by atoms with E-state index in [4.69, 9.17) is 18.9 Å². The van der Waals surface area contributed by atoms with Crippen molar-refractivity contribution < 1.29 is 18.9 Å². The fourth-order valence-electron chi connectivity index (χ4n) is 3.81. The normalized spacial score (nSPS) is 23.0. The van der Waals surface area contributed by atoms with Crippen LogP contribution < -0.4 is 9.47 Å². The second kappa shape index (κ2) is 7.89. The molecule has 6 heteroatoms. The molecule has 3 heterocycles. The van der Waals surface area contributed by atoms with E-state index >= 15 is 0 Å². The standard InChI is InChI=1S/C22H24N2O4/c1-3-11-25-21(5-1)27-15-7-9-17-18-10-8-16(28-22-6-2-4-12-26-22)14-20(18)24-23-19(17)13-15/h7-10,13-14,21-22H,1-6,11-12H2/t21-,22+. The minimum atomic E-state index is -0.165. The molecule has 2 aromatic carbocycles. The van der Waals surface area contributed by atoms with Gasteiger partial charge in [0.2, 0.25) is 0 Å². The Morgan fingerprint density at radius 3 is 1.61 bits per heavy atom. The zero-order chi connectivity index (χ0) is 18.8. The van der Waals surface area contributed by atoms with Gasteiger partial charge in [-0.1, -0.05) is 0 Å². The topological polar surface area (TPSA) is 62.7 Å². The number of ether oxygens (including phenoxy) is 4. The highest BCUT2D eigenvalue weighted by Gasteiger charge is 2.17. The molecule has 2 atom stereocenters. The van der Waals surface area contributed by atoms with Gasteiger partial charge in [-0.15, -0.1) is 10.2 Å². The second-order valence-electron chi connectivity index (χ2n) is 7.39. The highest BCUT2D eigenvalue weighted by atomic mass is 16.7. The Morgan fingerprint density at radius 1 is 0.679 bits per heavy atom. The minimum absolute atomic E-state index is 0.165. The van der Waals surface area contributed by atoms with E-state index in [1.807, 2.05) is 36.4 Å². The van der Waals surface area contributed by atoms with E-state index in [9.17, 15) is 0 Å². The van der Waals surface area contributed by atoms with Gasteiger partial charge in [0.05, 0.1) is 24.2 Å². The zero-order valence-corrected chi connectivity index (χ0v) is 15.8. The van der Waals surface area contributed by atoms with Crippen LogP contribution in [0.25, 0.3) is 21.8 Å². The van der Waals surface area contributed by atoms with Gasteiger partial charge in [-0.3, -0.25) is 0 Å². The Kier molecular flexibility index (Phi) is 4.97. The molecule has 0 bridgehead atoms. The van der Waals surface area contributed by atoms with Crippen LogP contribution in [0.2, 0.25) is 0 Å². The van der Waals surface area contributed by atoms with E-state index < -0.39 is 0 Å². The van der Waals surface area contributed by atoms with E-state index in [-0.39, 0.29) is 12.6 Å². The predicted molar refractivity (Wildman–Crippen MR) is 105 cm³/mol. The van der Waals surface area contributed by atoms with Crippen molar-refractivity contribution in [1.82, 2.24) is 10.2 Å². The highest BCUT2D eigenvalue weighted by Crippen LogP contribution is 2.29. The fraction of sp³-hybridized carbons (Fsp3) is 0.455. The summed E-state index contributed by atoms with van der Waals surface area (Å²) >= 11 is 0. The van der Waals surface area contributed by atoms with E-state index in [1.54, 1.807) is 0 Å². The van der Waals surface area contributed by atoms with Crippen LogP contribution in [0, 0.1) is 0 Å². The Hall–Kier alpha value is -2.44. The summed E-state index contributed by atoms with van der Waals surface area (Å²) in [6.07, 6.45) is 6.01. The Labute approximate surface area is 163 Å². The maximum absolute atomic E-state index is 5.96. The lowest BCUT2D eigenvalue weighted by Gasteiger charge is -2.23. The molecular formula is C22H24N2O4. The van der Waals surface area contributed by atoms with Crippen molar-refractivity contribution in [3.63, 3.8) is 0 Å². The number of benzene rings is 2. The van der Waals surface area contributed by atoms with Gasteiger partial charge < -0.3 is 18.9 Å². The first-order valence-corrected chi connectivity index (χ1v) is 10.1. The smallest absolute Gasteiger partial charge is 0.199 e. The molecule has 0 unspecified atom stereocenters. The number of rotatable bonds is 4. The van der Waals surface area contributed by atoms with Gasteiger partial charge in [-0.25, -0.2) is 0 Å². The molecule has 0 N–H and O–H groups in total. The maximum atomic E-state index is 5.96. The number of fused-ring (bicyclic) bond motifs is 3. The number of hydrogen-bond acceptors (Lipinski definition) is 6. The van der Waals surface area contributed by atoms with E-state index in [0.29, 0.717) is 0 Å². The molecule has 2 fully saturated rings. The number of aromatic nitrogens is 2. The van der Waals surface area contributed by atoms with Gasteiger partial charge in [0.1, 0.15) is 11.5 Å². The van der Waals surface area contributed by atoms with Gasteiger partial charge in [0.15, 0.2) is 12.6 Å². The Bertz CT molecular complexity index is 887. The molecule has 0 radical (unpaired) electrons. The van der Waals surface area contributed by atoms with Crippen molar-refractivity contribution in [2.24, 2.45) is 0 Å². The number of nitrogens with zero attached hydrogens (tertiary/aromatic N) is 2. The first kappa shape index (κ1) is 17.6. The summed E-state index contributed by atoms with van der Waals surface area (Å²) in [5.41, 5.74) is 1.62. The molecule has 5 rings (SSSR count). The first-order chi connectivity index (χ1) is 13.8. The molecule has 2 aliphatic rings. The average Bonchev–Trinajstić information content (AvgIpc) is 2.75. The predicted octanol–water partition coefficient (Wildman–Crippen LogP) is 4.59. The van der Waals surface area contributed by atoms with Crippen LogP contribution in [-0.4, -0.2) is 36.0 Å². The molecule has 0 amide bonds. The summed E-state index contributed by atoms with van der Waals surface area (Å²) in [6, 6.07) is 11.9. The summed E-state index contributed by atoms with van der Waals surface area (Å²) in [7, 11) is 0. The third kappa shape index (κ3) is 3.75. The van der Waals surface area contributed by atoms with Crippen molar-refractivity contribution in [1.29, 1.82) is 0 Å². The van der Waals surface area contributed by atoms with Crippen LogP contribution in [-0.2, 0) is 9.47 Å². The van der Waals surface area contributed by atoms with Crippen molar-refractivity contribution in [3.8, 4) is 11.5 Å². The summed E-state index contributed by atoms with van der Waals surface area (Å²) in [4.78, 5) is 0. The lowest BCUT2D eigenvalue weighted by molar-refractivity contribution is -0.106. The molecule has 0 spiro atoms. The molecule has 28 heavy (non-hydrogen) atoms. The third-order valence-corrected chi connectivity index (χ3v) is 5.30. The second-order valence-corrected chi connectivity index (χ2v) is 7.39. The van der Waals surface area contributed by atoms with Gasteiger partial charge in [-0.2, -0.15) is 0 Å². The van der Waals surface area contributed by atoms with Crippen LogP contribution >= 0.6 is 0 Å². The monoisotopic (exact) mass is 380 g/mol. The minimum Gasteiger partial charge on any atom is -0.465 e. The fourth-order valence-corrected chi connectivity index (χ4v) is 3.81. The van der Waals surface area contributed by atoms with Gasteiger partial charge >= 0.3 is 0 Å². The van der Waals surface area contributed by atoms with E-state index in [1.165, 1.54) is 0 Å². The van der Waals surface area contributed by atoms with Crippen molar-refractivity contribution >= 4 is 21.8 Å². The lowest BCUT2D eigenvalue weighted by atomic mass is 10.1. The molecule has 2 saturated heterocycles. The molecule has 0 aliphatic carbocycles. The molecule has 146 valence electrons. The van der Waals surface area contributed by atoms with Gasteiger partial charge in [-0.05, 0) is 49.9 Å². The molecular weight excluding hydrogens is 356 g/mol. The molecule has 6 nitrogen and oxygen atoms in total. The van der Waals surface area contributed by atoms with Crippen LogP contribution in [0.3, 0.4) is 0 Å². The Morgan fingerprint density at radius 2 is 1.18 bits per heavy atom. The average molecular weight is 380 g/mol. The van der Waals surface area contributed by atoms with Crippen molar-refractivity contribution in [2.75, 3.05) is 13.2 Å². The van der Waals surface area contributed by atoms with Gasteiger partial charge in [0.25, 0.3) is 0 Å². The first-order valence-electron chi connectivity index (χ1n) is 10.1. The number of hydrogen-bond donors (Lipinski definition) is 0. The maximum Gasteiger partial charge on any atom is 0.199 e. The SMILES string of the molecule is c1cc2c(cc1O[C@@H]1CCCCO1)nnc1cc(O[C@H]3CCCCO3)ccc12. The van der Waals surface area contributed by atoms with E-state index in [2.05, 4.69) is 10.2 Å². The third-order valence-electron chi connectivity index (χ3n) is 5.30. The molecule has 3 aromatic rings. The summed E-state index contributed by atoms with van der Waals surface area (Å²) < 4.78 is 23.2. The quantitative estimate of drug-likeness (QED) is 0.617. The van der Waals surface area contributed by atoms with Crippen LogP contribution in [0.15, 0.2) is 36.4 Å². The van der Waals surface area contributed by atoms with Gasteiger partial charge in [0, 0.05) is 35.7 Å². The van der Waals surface area contributed by atoms with E-state index in [0.717, 1.165) is 85.0 Å². The summed E-state index contributed by atoms with van der Waals surface area (Å²) in [5.74, 6) is 1.53. The van der Waals surface area contributed by atoms with Crippen LogP contribution in [0.1, 0.15) is 38.5 Å². The summed E-state index contributed by atoms with van der Waals surface area (Å²) in [6.45, 7) is 1.53. The molecule has 1 aromatic heterocycles. The van der Waals surface area contributed by atoms with Crippen molar-refractivity contribution in [3.05, 3.63) is 36.4 Å². The molecule has 0 saturated carbocycles. The lowest BCUT2D eigenvalue weighted by Crippen LogP contribution is -2.25. The summed E-state index contributed by atoms with van der Waals surface area (Å²) in [5, 5.41) is 10.9. The van der Waals surface area contributed by atoms with Crippen LogP contribution in [0.5, 0.6) is 11.5 Å². The largest absolute Gasteiger partial charge is 0.465 e. The van der Waals surface area contributed by atoms with Crippen LogP contribution in [0.4, 0.5) is 0 Å². The zero-order valence-electron chi connectivity index (χ0n) is 15.8. The molecule has 2 aliphatic heterocycles. The Balaban J connectivity index is 1.39. The highest BCUT2D eigenvalue weighted by molar-refractivity contribution is 6.04.